The van der Waals surface area contributed by atoms with Crippen LogP contribution < -0.4 is 5.32 Å². The van der Waals surface area contributed by atoms with Gasteiger partial charge >= 0.3 is 0 Å². The van der Waals surface area contributed by atoms with Crippen LogP contribution in [0, 0.1) is 0 Å². The summed E-state index contributed by atoms with van der Waals surface area (Å²) in [6.45, 7) is 11.5. The number of amides is 1. The number of hydrogen-bond acceptors (Lipinski definition) is 5. The highest BCUT2D eigenvalue weighted by Gasteiger charge is 2.22. The summed E-state index contributed by atoms with van der Waals surface area (Å²) in [6.07, 6.45) is 1.87. The van der Waals surface area contributed by atoms with Gasteiger partial charge in [-0.1, -0.05) is 48.5 Å². The monoisotopic (exact) mass is 439 g/mol. The molecule has 1 heterocycles. The molecule has 2 aromatic rings. The summed E-state index contributed by atoms with van der Waals surface area (Å²) in [4.78, 5) is 18.8. The molecule has 31 heavy (non-hydrogen) atoms. The molecule has 0 bridgehead atoms. The fourth-order valence-electron chi connectivity index (χ4n) is 3.68. The minimum atomic E-state index is 0.0106. The number of rotatable bonds is 11. The van der Waals surface area contributed by atoms with E-state index in [9.17, 15) is 4.79 Å². The van der Waals surface area contributed by atoms with E-state index >= 15 is 0 Å². The van der Waals surface area contributed by atoms with Crippen molar-refractivity contribution in [2.45, 2.75) is 24.4 Å². The topological polar surface area (TPSA) is 44.8 Å². The van der Waals surface area contributed by atoms with Gasteiger partial charge in [-0.2, -0.15) is 0 Å². The highest BCUT2D eigenvalue weighted by molar-refractivity contribution is 7.99. The first-order chi connectivity index (χ1) is 15.2. The van der Waals surface area contributed by atoms with Crippen LogP contribution in [0.25, 0.3) is 0 Å². The maximum absolute atomic E-state index is 13.0. The van der Waals surface area contributed by atoms with Gasteiger partial charge in [-0.25, -0.2) is 0 Å². The predicted molar refractivity (Wildman–Crippen MR) is 130 cm³/mol. The Morgan fingerprint density at radius 1 is 1.19 bits per heavy atom. The maximum atomic E-state index is 13.0. The molecule has 1 aliphatic rings. The minimum absolute atomic E-state index is 0.0106. The molecule has 0 radical (unpaired) electrons. The van der Waals surface area contributed by atoms with Crippen LogP contribution in [0.5, 0.6) is 0 Å². The summed E-state index contributed by atoms with van der Waals surface area (Å²) in [5.74, 6) is 0.820. The van der Waals surface area contributed by atoms with Crippen molar-refractivity contribution in [2.24, 2.45) is 0 Å². The lowest BCUT2D eigenvalue weighted by Gasteiger charge is -2.34. The van der Waals surface area contributed by atoms with E-state index in [1.54, 1.807) is 11.8 Å². The van der Waals surface area contributed by atoms with Crippen LogP contribution >= 0.6 is 11.8 Å². The van der Waals surface area contributed by atoms with E-state index in [-0.39, 0.29) is 11.9 Å². The lowest BCUT2D eigenvalue weighted by molar-refractivity contribution is -0.118. The smallest absolute Gasteiger partial charge is 0.238 e. The van der Waals surface area contributed by atoms with Crippen molar-refractivity contribution in [1.82, 2.24) is 9.80 Å². The highest BCUT2D eigenvalue weighted by Crippen LogP contribution is 2.27. The molecule has 0 aliphatic carbocycles. The second kappa shape index (κ2) is 12.7. The molecule has 2 aromatic carbocycles. The van der Waals surface area contributed by atoms with E-state index in [0.717, 1.165) is 55.7 Å². The van der Waals surface area contributed by atoms with Crippen LogP contribution in [0.1, 0.15) is 12.5 Å². The van der Waals surface area contributed by atoms with Crippen LogP contribution in [0.4, 0.5) is 5.69 Å². The van der Waals surface area contributed by atoms with Crippen molar-refractivity contribution in [3.63, 3.8) is 0 Å². The van der Waals surface area contributed by atoms with Gasteiger partial charge in [-0.05, 0) is 24.6 Å². The van der Waals surface area contributed by atoms with Gasteiger partial charge in [0.1, 0.15) is 0 Å². The lowest BCUT2D eigenvalue weighted by Crippen LogP contribution is -2.47. The van der Waals surface area contributed by atoms with Crippen molar-refractivity contribution < 1.29 is 9.53 Å². The number of benzene rings is 2. The molecule has 6 heteroatoms. The van der Waals surface area contributed by atoms with Crippen molar-refractivity contribution in [3.05, 3.63) is 72.8 Å². The number of anilines is 1. The molecule has 0 spiro atoms. The average molecular weight is 440 g/mol. The molecule has 1 atom stereocenters. The van der Waals surface area contributed by atoms with Crippen molar-refractivity contribution >= 4 is 23.4 Å². The molecule has 166 valence electrons. The molecule has 1 aliphatic heterocycles. The fraction of sp³-hybridized carbons (Fsp3) is 0.400. The van der Waals surface area contributed by atoms with Crippen molar-refractivity contribution in [2.75, 3.05) is 50.5 Å². The Kier molecular flexibility index (Phi) is 9.62. The normalized spacial score (nSPS) is 15.5. The third-order valence-corrected chi connectivity index (χ3v) is 6.41. The third-order valence-electron chi connectivity index (χ3n) is 5.34. The number of hydrogen-bond donors (Lipinski definition) is 1. The second-order valence-electron chi connectivity index (χ2n) is 7.80. The molecular formula is C25H33N3O2S. The zero-order chi connectivity index (χ0) is 21.9. The van der Waals surface area contributed by atoms with E-state index in [1.165, 1.54) is 5.56 Å². The van der Waals surface area contributed by atoms with Crippen LogP contribution in [-0.4, -0.2) is 66.9 Å². The third kappa shape index (κ3) is 7.82. The van der Waals surface area contributed by atoms with E-state index in [4.69, 9.17) is 4.74 Å². The standard InChI is InChI=1S/C25H33N3O2S/c1-3-17-31-24-12-8-7-11-23(24)26-25(29)20-28(19-22-9-5-4-6-10-22)21(2)18-27-13-15-30-16-14-27/h3-12,21H,1,13-20H2,2H3,(H,26,29). The van der Waals surface area contributed by atoms with Crippen LogP contribution in [-0.2, 0) is 16.1 Å². The Hall–Kier alpha value is -2.12. The molecular weight excluding hydrogens is 406 g/mol. The minimum Gasteiger partial charge on any atom is -0.379 e. The summed E-state index contributed by atoms with van der Waals surface area (Å²) < 4.78 is 5.48. The van der Waals surface area contributed by atoms with E-state index < -0.39 is 0 Å². The zero-order valence-corrected chi connectivity index (χ0v) is 19.2. The Balaban J connectivity index is 1.66. The molecule has 1 N–H and O–H groups in total. The molecule has 5 nitrogen and oxygen atoms in total. The van der Waals surface area contributed by atoms with Gasteiger partial charge in [-0.15, -0.1) is 18.3 Å². The molecule has 1 amide bonds. The van der Waals surface area contributed by atoms with E-state index in [0.29, 0.717) is 6.54 Å². The van der Waals surface area contributed by atoms with Crippen molar-refractivity contribution in [1.29, 1.82) is 0 Å². The van der Waals surface area contributed by atoms with Crippen LogP contribution in [0.15, 0.2) is 72.1 Å². The highest BCUT2D eigenvalue weighted by atomic mass is 32.2. The van der Waals surface area contributed by atoms with Gasteiger partial charge < -0.3 is 10.1 Å². The molecule has 0 aromatic heterocycles. The number of morpholine rings is 1. The number of nitrogens with one attached hydrogen (secondary N) is 1. The summed E-state index contributed by atoms with van der Waals surface area (Å²) in [5.41, 5.74) is 2.07. The Labute approximate surface area is 190 Å². The molecule has 1 fully saturated rings. The first-order valence-corrected chi connectivity index (χ1v) is 11.8. The van der Waals surface area contributed by atoms with E-state index in [1.807, 2.05) is 48.5 Å². The van der Waals surface area contributed by atoms with Gasteiger partial charge in [0, 0.05) is 42.9 Å². The van der Waals surface area contributed by atoms with Gasteiger partial charge in [0.2, 0.25) is 5.91 Å². The predicted octanol–water partition coefficient (Wildman–Crippen LogP) is 4.13. The number of thioether (sulfide) groups is 1. The molecule has 3 rings (SSSR count). The van der Waals surface area contributed by atoms with Crippen molar-refractivity contribution in [3.8, 4) is 0 Å². The van der Waals surface area contributed by atoms with Crippen LogP contribution in [0.3, 0.4) is 0 Å². The number of ether oxygens (including phenoxy) is 1. The van der Waals surface area contributed by atoms with Gasteiger partial charge in [0.05, 0.1) is 25.4 Å². The first kappa shape index (κ1) is 23.5. The van der Waals surface area contributed by atoms with Gasteiger partial charge in [0.15, 0.2) is 0 Å². The number of para-hydroxylation sites is 1. The largest absolute Gasteiger partial charge is 0.379 e. The number of carbonyl (C=O) groups is 1. The summed E-state index contributed by atoms with van der Waals surface area (Å²) in [7, 11) is 0. The Morgan fingerprint density at radius 3 is 2.65 bits per heavy atom. The first-order valence-electron chi connectivity index (χ1n) is 10.9. The summed E-state index contributed by atoms with van der Waals surface area (Å²) in [6, 6.07) is 18.5. The maximum Gasteiger partial charge on any atom is 0.238 e. The lowest BCUT2D eigenvalue weighted by atomic mass is 10.1. The number of carbonyl (C=O) groups excluding carboxylic acids is 1. The Morgan fingerprint density at radius 2 is 1.90 bits per heavy atom. The SMILES string of the molecule is C=CCSc1ccccc1NC(=O)CN(Cc1ccccc1)C(C)CN1CCOCC1. The summed E-state index contributed by atoms with van der Waals surface area (Å²) in [5, 5.41) is 3.12. The summed E-state index contributed by atoms with van der Waals surface area (Å²) >= 11 is 1.68. The van der Waals surface area contributed by atoms with Crippen LogP contribution in [0.2, 0.25) is 0 Å². The Bertz CT molecular complexity index is 825. The molecule has 1 unspecified atom stereocenters. The van der Waals surface area contributed by atoms with Gasteiger partial charge in [-0.3, -0.25) is 14.6 Å². The van der Waals surface area contributed by atoms with Gasteiger partial charge in [0.25, 0.3) is 0 Å². The fourth-order valence-corrected chi connectivity index (χ4v) is 4.42. The van der Waals surface area contributed by atoms with E-state index in [2.05, 4.69) is 40.8 Å². The second-order valence-corrected chi connectivity index (χ2v) is 8.86. The quantitative estimate of drug-likeness (QED) is 0.421. The zero-order valence-electron chi connectivity index (χ0n) is 18.3. The molecule has 1 saturated heterocycles. The average Bonchev–Trinajstić information content (AvgIpc) is 2.79. The number of nitrogens with zero attached hydrogens (tertiary/aromatic N) is 2. The molecule has 0 saturated carbocycles.